The highest BCUT2D eigenvalue weighted by Crippen LogP contribution is 2.31. The molecule has 7 heteroatoms. The lowest BCUT2D eigenvalue weighted by Gasteiger charge is -2.34. The Kier molecular flexibility index (Phi) is 8.27. The minimum atomic E-state index is 0. The summed E-state index contributed by atoms with van der Waals surface area (Å²) >= 11 is 1.92. The fourth-order valence-electron chi connectivity index (χ4n) is 2.95. The van der Waals surface area contributed by atoms with E-state index in [9.17, 15) is 0 Å². The molecule has 3 rings (SSSR count). The van der Waals surface area contributed by atoms with E-state index in [0.717, 1.165) is 32.7 Å². The molecule has 1 aromatic heterocycles. The molecule has 1 aliphatic heterocycles. The molecule has 0 radical (unpaired) electrons. The van der Waals surface area contributed by atoms with Crippen LogP contribution < -0.4 is 4.90 Å². The van der Waals surface area contributed by atoms with Crippen LogP contribution in [0.3, 0.4) is 0 Å². The normalized spacial score (nSPS) is 19.2. The van der Waals surface area contributed by atoms with Gasteiger partial charge in [-0.25, -0.2) is 4.98 Å². The lowest BCUT2D eigenvalue weighted by atomic mass is 10.2. The van der Waals surface area contributed by atoms with Gasteiger partial charge in [-0.05, 0) is 25.7 Å². The van der Waals surface area contributed by atoms with Crippen LogP contribution in [0.25, 0.3) is 0 Å². The van der Waals surface area contributed by atoms with Crippen LogP contribution in [0.2, 0.25) is 0 Å². The second-order valence-electron chi connectivity index (χ2n) is 5.48. The van der Waals surface area contributed by atoms with E-state index in [1.165, 1.54) is 47.8 Å². The van der Waals surface area contributed by atoms with Gasteiger partial charge in [-0.1, -0.05) is 6.42 Å². The smallest absolute Gasteiger partial charge is 0.185 e. The van der Waals surface area contributed by atoms with Crippen molar-refractivity contribution in [1.82, 2.24) is 9.88 Å². The van der Waals surface area contributed by atoms with Crippen molar-refractivity contribution in [3.63, 3.8) is 0 Å². The number of anilines is 1. The molecular weight excluding hydrogens is 329 g/mol. The van der Waals surface area contributed by atoms with Crippen molar-refractivity contribution in [3.05, 3.63) is 10.6 Å². The first-order valence-electron chi connectivity index (χ1n) is 7.43. The van der Waals surface area contributed by atoms with Gasteiger partial charge in [0.1, 0.15) is 0 Å². The molecule has 1 aliphatic carbocycles. The Morgan fingerprint density at radius 2 is 1.71 bits per heavy atom. The standard InChI is InChI=1S/C14H23N3OS.2ClH/c18-11-10-16-6-8-17(9-7-16)14-15-12-4-2-1-3-5-13(12)19-14;;/h18H,1-11H2;2*1H. The van der Waals surface area contributed by atoms with E-state index >= 15 is 0 Å². The summed E-state index contributed by atoms with van der Waals surface area (Å²) in [6.45, 7) is 5.27. The number of aromatic nitrogens is 1. The number of fused-ring (bicyclic) bond motifs is 1. The Labute approximate surface area is 143 Å². The van der Waals surface area contributed by atoms with Crippen LogP contribution >= 0.6 is 36.2 Å². The molecule has 2 aliphatic rings. The molecule has 1 aromatic rings. The predicted molar refractivity (Wildman–Crippen MR) is 93.6 cm³/mol. The van der Waals surface area contributed by atoms with Crippen LogP contribution in [0.1, 0.15) is 29.8 Å². The van der Waals surface area contributed by atoms with Gasteiger partial charge in [-0.3, -0.25) is 4.90 Å². The lowest BCUT2D eigenvalue weighted by Crippen LogP contribution is -2.47. The number of hydrogen-bond acceptors (Lipinski definition) is 5. The number of aliphatic hydroxyl groups excluding tert-OH is 1. The number of rotatable bonds is 3. The van der Waals surface area contributed by atoms with E-state index in [4.69, 9.17) is 10.1 Å². The summed E-state index contributed by atoms with van der Waals surface area (Å²) < 4.78 is 0. The molecule has 0 amide bonds. The molecule has 0 atom stereocenters. The summed E-state index contributed by atoms with van der Waals surface area (Å²) in [4.78, 5) is 11.2. The number of thiazole rings is 1. The number of aliphatic hydroxyl groups is 1. The Balaban J connectivity index is 0.00000110. The van der Waals surface area contributed by atoms with Gasteiger partial charge in [0.25, 0.3) is 0 Å². The zero-order valence-electron chi connectivity index (χ0n) is 12.3. The van der Waals surface area contributed by atoms with Gasteiger partial charge in [0.05, 0.1) is 12.3 Å². The van der Waals surface area contributed by atoms with E-state index in [-0.39, 0.29) is 31.4 Å². The van der Waals surface area contributed by atoms with Gasteiger partial charge in [0.2, 0.25) is 0 Å². The monoisotopic (exact) mass is 353 g/mol. The number of nitrogens with zero attached hydrogens (tertiary/aromatic N) is 3. The summed E-state index contributed by atoms with van der Waals surface area (Å²) in [7, 11) is 0. The van der Waals surface area contributed by atoms with Crippen molar-refractivity contribution in [2.24, 2.45) is 0 Å². The number of halogens is 2. The molecule has 21 heavy (non-hydrogen) atoms. The fraction of sp³-hybridized carbons (Fsp3) is 0.786. The van der Waals surface area contributed by atoms with Crippen molar-refractivity contribution < 1.29 is 5.11 Å². The second kappa shape index (κ2) is 9.16. The van der Waals surface area contributed by atoms with Crippen LogP contribution in [0.5, 0.6) is 0 Å². The largest absolute Gasteiger partial charge is 0.395 e. The Hall–Kier alpha value is -0.0700. The summed E-state index contributed by atoms with van der Waals surface area (Å²) in [5.74, 6) is 0. The first-order chi connectivity index (χ1) is 9.36. The first kappa shape index (κ1) is 19.0. The third-order valence-corrected chi connectivity index (χ3v) is 5.36. The molecule has 0 unspecified atom stereocenters. The van der Waals surface area contributed by atoms with Crippen molar-refractivity contribution in [2.75, 3.05) is 44.2 Å². The molecule has 0 aromatic carbocycles. The SMILES string of the molecule is Cl.Cl.OCCN1CCN(c2nc3c(s2)CCCCC3)CC1. The van der Waals surface area contributed by atoms with Gasteiger partial charge in [-0.2, -0.15) is 0 Å². The maximum absolute atomic E-state index is 8.97. The maximum Gasteiger partial charge on any atom is 0.185 e. The predicted octanol–water partition coefficient (Wildman–Crippen LogP) is 2.37. The van der Waals surface area contributed by atoms with Crippen LogP contribution in [0, 0.1) is 0 Å². The summed E-state index contributed by atoms with van der Waals surface area (Å²) in [5, 5.41) is 10.2. The number of β-amino-alcohol motifs (C(OH)–C–C–N with tert-alkyl or cyclic N) is 1. The van der Waals surface area contributed by atoms with Crippen molar-refractivity contribution in [3.8, 4) is 0 Å². The Bertz CT molecular complexity index is 399. The molecule has 122 valence electrons. The van der Waals surface area contributed by atoms with Crippen LogP contribution in [0.15, 0.2) is 0 Å². The average Bonchev–Trinajstić information content (AvgIpc) is 2.71. The van der Waals surface area contributed by atoms with Crippen LogP contribution in [-0.4, -0.2) is 54.3 Å². The highest BCUT2D eigenvalue weighted by Gasteiger charge is 2.21. The molecule has 1 N–H and O–H groups in total. The summed E-state index contributed by atoms with van der Waals surface area (Å²) in [6.07, 6.45) is 6.41. The van der Waals surface area contributed by atoms with Crippen molar-refractivity contribution >= 4 is 41.3 Å². The number of hydrogen-bond donors (Lipinski definition) is 1. The minimum Gasteiger partial charge on any atom is -0.395 e. The van der Waals surface area contributed by atoms with Crippen molar-refractivity contribution in [2.45, 2.75) is 32.1 Å². The van der Waals surface area contributed by atoms with E-state index in [1.54, 1.807) is 0 Å². The molecule has 2 heterocycles. The van der Waals surface area contributed by atoms with Gasteiger partial charge < -0.3 is 10.0 Å². The van der Waals surface area contributed by atoms with E-state index in [0.29, 0.717) is 0 Å². The van der Waals surface area contributed by atoms with E-state index in [1.807, 2.05) is 11.3 Å². The molecule has 1 saturated heterocycles. The maximum atomic E-state index is 8.97. The van der Waals surface area contributed by atoms with Crippen LogP contribution in [-0.2, 0) is 12.8 Å². The summed E-state index contributed by atoms with van der Waals surface area (Å²) in [5.41, 5.74) is 1.37. The van der Waals surface area contributed by atoms with Gasteiger partial charge in [0.15, 0.2) is 5.13 Å². The third kappa shape index (κ3) is 4.70. The fourth-order valence-corrected chi connectivity index (χ4v) is 4.15. The first-order valence-corrected chi connectivity index (χ1v) is 8.25. The molecule has 1 fully saturated rings. The van der Waals surface area contributed by atoms with Gasteiger partial charge in [-0.15, -0.1) is 36.2 Å². The van der Waals surface area contributed by atoms with E-state index < -0.39 is 0 Å². The molecule has 0 saturated carbocycles. The highest BCUT2D eigenvalue weighted by atomic mass is 35.5. The molecule has 0 bridgehead atoms. The molecule has 4 nitrogen and oxygen atoms in total. The zero-order chi connectivity index (χ0) is 13.1. The molecule has 0 spiro atoms. The van der Waals surface area contributed by atoms with Crippen LogP contribution in [0.4, 0.5) is 5.13 Å². The Morgan fingerprint density at radius 1 is 1.00 bits per heavy atom. The quantitative estimate of drug-likeness (QED) is 0.846. The summed E-state index contributed by atoms with van der Waals surface area (Å²) in [6, 6.07) is 0. The highest BCUT2D eigenvalue weighted by molar-refractivity contribution is 7.15. The lowest BCUT2D eigenvalue weighted by molar-refractivity contribution is 0.189. The van der Waals surface area contributed by atoms with E-state index in [2.05, 4.69) is 9.80 Å². The third-order valence-electron chi connectivity index (χ3n) is 4.14. The van der Waals surface area contributed by atoms with Gasteiger partial charge >= 0.3 is 0 Å². The van der Waals surface area contributed by atoms with Crippen molar-refractivity contribution in [1.29, 1.82) is 0 Å². The second-order valence-corrected chi connectivity index (χ2v) is 6.54. The minimum absolute atomic E-state index is 0. The topological polar surface area (TPSA) is 39.6 Å². The average molecular weight is 354 g/mol. The Morgan fingerprint density at radius 3 is 2.43 bits per heavy atom. The number of piperazine rings is 1. The number of aryl methyl sites for hydroxylation is 2. The van der Waals surface area contributed by atoms with Gasteiger partial charge in [0, 0.05) is 37.6 Å². The molecular formula is C14H25Cl2N3OS. The zero-order valence-corrected chi connectivity index (χ0v) is 14.7.